The van der Waals surface area contributed by atoms with Gasteiger partial charge in [-0.05, 0) is 31.4 Å². The molecular formula is C16H20N4O2S. The number of carbonyl (C=O) groups excluding carboxylic acids is 1. The van der Waals surface area contributed by atoms with Crippen LogP contribution in [0, 0.1) is 0 Å². The Bertz CT molecular complexity index is 767. The summed E-state index contributed by atoms with van der Waals surface area (Å²) in [6, 6.07) is 8.00. The second-order valence-electron chi connectivity index (χ2n) is 5.59. The van der Waals surface area contributed by atoms with Gasteiger partial charge in [0.15, 0.2) is 5.16 Å². The molecule has 0 bridgehead atoms. The number of carbonyl (C=O) groups is 1. The van der Waals surface area contributed by atoms with Crippen molar-refractivity contribution in [1.29, 1.82) is 0 Å². The van der Waals surface area contributed by atoms with Crippen molar-refractivity contribution >= 4 is 23.4 Å². The SMILES string of the molecule is CCCn1c(S[C@@H](C)C(=O)N2CCc3ccccc32)n[nH]c1=O. The number of H-pyrrole nitrogens is 1. The molecule has 3 rings (SSSR count). The van der Waals surface area contributed by atoms with Crippen LogP contribution in [0.1, 0.15) is 25.8 Å². The molecule has 1 aromatic heterocycles. The van der Waals surface area contributed by atoms with Crippen LogP contribution in [-0.4, -0.2) is 32.5 Å². The molecule has 0 radical (unpaired) electrons. The average molecular weight is 332 g/mol. The molecule has 0 aliphatic carbocycles. The van der Waals surface area contributed by atoms with E-state index >= 15 is 0 Å². The Kier molecular flexibility index (Phi) is 4.56. The van der Waals surface area contributed by atoms with Crippen LogP contribution in [0.2, 0.25) is 0 Å². The Morgan fingerprint density at radius 3 is 3.00 bits per heavy atom. The largest absolute Gasteiger partial charge is 0.343 e. The van der Waals surface area contributed by atoms with E-state index in [1.165, 1.54) is 17.3 Å². The molecule has 1 aliphatic heterocycles. The molecule has 0 spiro atoms. The summed E-state index contributed by atoms with van der Waals surface area (Å²) in [6.07, 6.45) is 1.73. The highest BCUT2D eigenvalue weighted by atomic mass is 32.2. The molecule has 1 atom stereocenters. The fourth-order valence-corrected chi connectivity index (χ4v) is 3.75. The topological polar surface area (TPSA) is 71.0 Å². The normalized spacial score (nSPS) is 14.8. The summed E-state index contributed by atoms with van der Waals surface area (Å²) >= 11 is 1.33. The molecule has 0 unspecified atom stereocenters. The molecular weight excluding hydrogens is 312 g/mol. The van der Waals surface area contributed by atoms with Crippen molar-refractivity contribution in [3.05, 3.63) is 40.3 Å². The van der Waals surface area contributed by atoms with Crippen molar-refractivity contribution in [2.24, 2.45) is 0 Å². The maximum absolute atomic E-state index is 12.8. The second kappa shape index (κ2) is 6.62. The maximum atomic E-state index is 12.8. The molecule has 0 fully saturated rings. The molecule has 23 heavy (non-hydrogen) atoms. The minimum absolute atomic E-state index is 0.0541. The predicted molar refractivity (Wildman–Crippen MR) is 91.0 cm³/mol. The van der Waals surface area contributed by atoms with Crippen molar-refractivity contribution in [3.8, 4) is 0 Å². The van der Waals surface area contributed by atoms with Crippen molar-refractivity contribution in [2.45, 2.75) is 43.6 Å². The third-order valence-corrected chi connectivity index (χ3v) is 5.03. The predicted octanol–water partition coefficient (Wildman–Crippen LogP) is 2.05. The highest BCUT2D eigenvalue weighted by Crippen LogP contribution is 2.30. The Hall–Kier alpha value is -2.02. The number of nitrogens with zero attached hydrogens (tertiary/aromatic N) is 3. The standard InChI is InChI=1S/C16H20N4O2S/c1-3-9-20-15(22)17-18-16(20)23-11(2)14(21)19-10-8-12-6-4-5-7-13(12)19/h4-7,11H,3,8-10H2,1-2H3,(H,17,22)/t11-/m0/s1. The van der Waals surface area contributed by atoms with E-state index in [0.717, 1.165) is 18.5 Å². The van der Waals surface area contributed by atoms with Crippen molar-refractivity contribution in [1.82, 2.24) is 14.8 Å². The summed E-state index contributed by atoms with van der Waals surface area (Å²) in [6.45, 7) is 5.18. The summed E-state index contributed by atoms with van der Waals surface area (Å²) in [5.74, 6) is 0.0541. The molecule has 1 aromatic carbocycles. The third kappa shape index (κ3) is 3.06. The van der Waals surface area contributed by atoms with E-state index in [1.54, 1.807) is 4.57 Å². The van der Waals surface area contributed by atoms with E-state index in [9.17, 15) is 9.59 Å². The number of benzene rings is 1. The first-order valence-electron chi connectivity index (χ1n) is 7.83. The smallest absolute Gasteiger partial charge is 0.311 e. The lowest BCUT2D eigenvalue weighted by atomic mass is 10.2. The molecule has 6 nitrogen and oxygen atoms in total. The van der Waals surface area contributed by atoms with Crippen molar-refractivity contribution in [3.63, 3.8) is 0 Å². The van der Waals surface area contributed by atoms with Crippen LogP contribution in [0.3, 0.4) is 0 Å². The van der Waals surface area contributed by atoms with Gasteiger partial charge in [0, 0.05) is 18.8 Å². The van der Waals surface area contributed by atoms with Crippen LogP contribution in [0.25, 0.3) is 0 Å². The van der Waals surface area contributed by atoms with Gasteiger partial charge in [-0.3, -0.25) is 9.36 Å². The number of amides is 1. The maximum Gasteiger partial charge on any atom is 0.343 e. The van der Waals surface area contributed by atoms with Gasteiger partial charge in [-0.1, -0.05) is 36.9 Å². The number of nitrogens with one attached hydrogen (secondary N) is 1. The minimum atomic E-state index is -0.299. The average Bonchev–Trinajstić information content (AvgIpc) is 3.13. The zero-order valence-electron chi connectivity index (χ0n) is 13.3. The molecule has 1 aliphatic rings. The van der Waals surface area contributed by atoms with Crippen LogP contribution in [-0.2, 0) is 17.8 Å². The van der Waals surface area contributed by atoms with Gasteiger partial charge in [0.25, 0.3) is 0 Å². The molecule has 1 N–H and O–H groups in total. The molecule has 0 saturated carbocycles. The Balaban J connectivity index is 1.75. The van der Waals surface area contributed by atoms with E-state index in [-0.39, 0.29) is 16.8 Å². The number of anilines is 1. The van der Waals surface area contributed by atoms with Gasteiger partial charge in [0.2, 0.25) is 5.91 Å². The van der Waals surface area contributed by atoms with Crippen molar-refractivity contribution in [2.75, 3.05) is 11.4 Å². The highest BCUT2D eigenvalue weighted by Gasteiger charge is 2.29. The number of thioether (sulfide) groups is 1. The van der Waals surface area contributed by atoms with E-state index in [4.69, 9.17) is 0 Å². The highest BCUT2D eigenvalue weighted by molar-refractivity contribution is 8.00. The number of aromatic amines is 1. The van der Waals surface area contributed by atoms with Gasteiger partial charge in [-0.15, -0.1) is 5.10 Å². The van der Waals surface area contributed by atoms with Gasteiger partial charge in [0.1, 0.15) is 0 Å². The third-order valence-electron chi connectivity index (χ3n) is 3.95. The zero-order valence-corrected chi connectivity index (χ0v) is 14.1. The summed E-state index contributed by atoms with van der Waals surface area (Å²) in [5, 5.41) is 6.78. The van der Waals surface area contributed by atoms with Crippen LogP contribution < -0.4 is 10.6 Å². The Morgan fingerprint density at radius 1 is 1.43 bits per heavy atom. The van der Waals surface area contributed by atoms with Crippen molar-refractivity contribution < 1.29 is 4.79 Å². The van der Waals surface area contributed by atoms with Crippen LogP contribution in [0.5, 0.6) is 0 Å². The van der Waals surface area contributed by atoms with E-state index in [1.807, 2.05) is 36.9 Å². The monoisotopic (exact) mass is 332 g/mol. The number of aromatic nitrogens is 3. The molecule has 2 heterocycles. The van der Waals surface area contributed by atoms with Crippen LogP contribution in [0.4, 0.5) is 5.69 Å². The van der Waals surface area contributed by atoms with Crippen LogP contribution in [0.15, 0.2) is 34.2 Å². The lowest BCUT2D eigenvalue weighted by Crippen LogP contribution is -2.35. The van der Waals surface area contributed by atoms with Gasteiger partial charge >= 0.3 is 5.69 Å². The summed E-state index contributed by atoms with van der Waals surface area (Å²) in [7, 11) is 0. The molecule has 7 heteroatoms. The second-order valence-corrected chi connectivity index (χ2v) is 6.90. The van der Waals surface area contributed by atoms with Gasteiger partial charge in [-0.2, -0.15) is 0 Å². The summed E-state index contributed by atoms with van der Waals surface area (Å²) in [5.41, 5.74) is 1.99. The number of hydrogen-bond acceptors (Lipinski definition) is 4. The quantitative estimate of drug-likeness (QED) is 0.851. The molecule has 2 aromatic rings. The minimum Gasteiger partial charge on any atom is -0.311 e. The number of hydrogen-bond donors (Lipinski definition) is 1. The van der Waals surface area contributed by atoms with Crippen LogP contribution >= 0.6 is 11.8 Å². The Labute approximate surface area is 138 Å². The number of fused-ring (bicyclic) bond motifs is 1. The van der Waals surface area contributed by atoms with Gasteiger partial charge in [-0.25, -0.2) is 9.89 Å². The zero-order chi connectivity index (χ0) is 16.4. The van der Waals surface area contributed by atoms with E-state index in [2.05, 4.69) is 16.3 Å². The lowest BCUT2D eigenvalue weighted by Gasteiger charge is -2.21. The number of para-hydroxylation sites is 1. The summed E-state index contributed by atoms with van der Waals surface area (Å²) < 4.78 is 1.59. The summed E-state index contributed by atoms with van der Waals surface area (Å²) in [4.78, 5) is 26.3. The van der Waals surface area contributed by atoms with Gasteiger partial charge < -0.3 is 4.90 Å². The first-order valence-corrected chi connectivity index (χ1v) is 8.71. The Morgan fingerprint density at radius 2 is 2.22 bits per heavy atom. The molecule has 122 valence electrons. The fraction of sp³-hybridized carbons (Fsp3) is 0.438. The molecule has 0 saturated heterocycles. The molecule has 1 amide bonds. The fourth-order valence-electron chi connectivity index (χ4n) is 2.81. The number of rotatable bonds is 5. The van der Waals surface area contributed by atoms with Gasteiger partial charge in [0.05, 0.1) is 5.25 Å². The first-order chi connectivity index (χ1) is 11.1. The van der Waals surface area contributed by atoms with E-state index < -0.39 is 0 Å². The lowest BCUT2D eigenvalue weighted by molar-refractivity contribution is -0.117. The van der Waals surface area contributed by atoms with E-state index in [0.29, 0.717) is 18.2 Å². The first kappa shape index (κ1) is 15.9.